The van der Waals surface area contributed by atoms with Crippen LogP contribution in [0.25, 0.3) is 11.1 Å². The largest absolute Gasteiger partial charge is 0.490 e. The minimum absolute atomic E-state index is 0.0515. The van der Waals surface area contributed by atoms with Crippen molar-refractivity contribution in [1.29, 1.82) is 0 Å². The van der Waals surface area contributed by atoms with Crippen molar-refractivity contribution in [3.05, 3.63) is 60.2 Å². The van der Waals surface area contributed by atoms with Crippen LogP contribution in [0.2, 0.25) is 0 Å². The fourth-order valence-corrected chi connectivity index (χ4v) is 3.40. The number of carboxylic acid groups (broad SMARTS) is 2. The van der Waals surface area contributed by atoms with Crippen molar-refractivity contribution in [3.63, 3.8) is 0 Å². The first-order valence-corrected chi connectivity index (χ1v) is 13.0. The summed E-state index contributed by atoms with van der Waals surface area (Å²) in [5.74, 6) is -4.55. The summed E-state index contributed by atoms with van der Waals surface area (Å²) < 4.78 is 31.7. The Bertz CT molecular complexity index is 1170. The number of aliphatic carboxylic acids is 2. The molecule has 0 saturated carbocycles. The fourth-order valence-electron chi connectivity index (χ4n) is 3.40. The molecule has 11 nitrogen and oxygen atoms in total. The summed E-state index contributed by atoms with van der Waals surface area (Å²) in [6.45, 7) is 3.94. The second kappa shape index (κ2) is 17.9. The Hall–Kier alpha value is -4.62. The summed E-state index contributed by atoms with van der Waals surface area (Å²) >= 11 is 0. The van der Waals surface area contributed by atoms with Crippen molar-refractivity contribution >= 4 is 29.8 Å². The quantitative estimate of drug-likeness (QED) is 0.192. The standard InChI is InChI=1S/C26H34N4O5.C2HF3O2/c1-18(2)29-26(35)27-15-7-6-10-23(31)28-17-24(32)30-22(16-25(33)34)21-13-11-20(12-14-21)19-8-4-3-5-9-19;3-2(4,5)1(6)7/h3-5,8-9,11-14,18,22H,6-7,10,15-17H2,1-2H3,(H,28,31)(H,30,32)(H,33,34)(H2,27,29,35);(H,6,7). The number of hydrogen-bond acceptors (Lipinski definition) is 5. The van der Waals surface area contributed by atoms with Crippen molar-refractivity contribution in [2.75, 3.05) is 13.1 Å². The van der Waals surface area contributed by atoms with Gasteiger partial charge in [0, 0.05) is 19.0 Å². The third kappa shape index (κ3) is 15.2. The predicted octanol–water partition coefficient (Wildman–Crippen LogP) is 3.61. The van der Waals surface area contributed by atoms with Crippen LogP contribution in [0, 0.1) is 0 Å². The average molecular weight is 597 g/mol. The molecule has 0 aromatic heterocycles. The van der Waals surface area contributed by atoms with Crippen LogP contribution < -0.4 is 21.3 Å². The van der Waals surface area contributed by atoms with Crippen LogP contribution in [0.15, 0.2) is 54.6 Å². The number of hydrogen-bond donors (Lipinski definition) is 6. The number of amides is 4. The lowest BCUT2D eigenvalue weighted by atomic mass is 9.99. The Morgan fingerprint density at radius 1 is 0.786 bits per heavy atom. The Balaban J connectivity index is 0.00000112. The minimum Gasteiger partial charge on any atom is -0.481 e. The smallest absolute Gasteiger partial charge is 0.481 e. The van der Waals surface area contributed by atoms with E-state index in [0.717, 1.165) is 11.1 Å². The van der Waals surface area contributed by atoms with E-state index in [1.165, 1.54) is 0 Å². The second-order valence-electron chi connectivity index (χ2n) is 9.30. The zero-order valence-electron chi connectivity index (χ0n) is 23.2. The summed E-state index contributed by atoms with van der Waals surface area (Å²) in [7, 11) is 0. The molecule has 0 aliphatic rings. The lowest BCUT2D eigenvalue weighted by Gasteiger charge is -2.18. The van der Waals surface area contributed by atoms with Crippen LogP contribution in [0.1, 0.15) is 51.1 Å². The molecule has 2 aromatic carbocycles. The van der Waals surface area contributed by atoms with Gasteiger partial charge in [-0.1, -0.05) is 54.6 Å². The monoisotopic (exact) mass is 596 g/mol. The molecule has 0 radical (unpaired) electrons. The number of carboxylic acids is 2. The van der Waals surface area contributed by atoms with Gasteiger partial charge < -0.3 is 31.5 Å². The van der Waals surface area contributed by atoms with E-state index >= 15 is 0 Å². The molecule has 0 heterocycles. The first-order chi connectivity index (χ1) is 19.7. The van der Waals surface area contributed by atoms with E-state index in [1.54, 1.807) is 12.1 Å². The van der Waals surface area contributed by atoms with Gasteiger partial charge in [0.2, 0.25) is 11.8 Å². The van der Waals surface area contributed by atoms with E-state index in [-0.39, 0.29) is 37.4 Å². The van der Waals surface area contributed by atoms with E-state index in [9.17, 15) is 37.5 Å². The Kier molecular flexibility index (Phi) is 15.1. The Morgan fingerprint density at radius 3 is 1.88 bits per heavy atom. The number of nitrogens with one attached hydrogen (secondary N) is 4. The number of halogens is 3. The average Bonchev–Trinajstić information content (AvgIpc) is 2.91. The zero-order chi connectivity index (χ0) is 31.7. The topological polar surface area (TPSA) is 174 Å². The number of carbonyl (C=O) groups is 5. The maximum Gasteiger partial charge on any atom is 0.490 e. The van der Waals surface area contributed by atoms with Crippen LogP contribution in [-0.4, -0.2) is 65.3 Å². The molecular weight excluding hydrogens is 561 g/mol. The Labute approximate surface area is 240 Å². The molecular formula is C28H35F3N4O7. The minimum atomic E-state index is -5.08. The molecule has 42 heavy (non-hydrogen) atoms. The number of benzene rings is 2. The molecule has 6 N–H and O–H groups in total. The summed E-state index contributed by atoms with van der Waals surface area (Å²) in [6, 6.07) is 16.2. The van der Waals surface area contributed by atoms with Crippen molar-refractivity contribution in [2.45, 2.75) is 57.8 Å². The van der Waals surface area contributed by atoms with Gasteiger partial charge in [-0.25, -0.2) is 9.59 Å². The van der Waals surface area contributed by atoms with E-state index in [0.29, 0.717) is 24.9 Å². The van der Waals surface area contributed by atoms with E-state index in [4.69, 9.17) is 9.90 Å². The highest BCUT2D eigenvalue weighted by molar-refractivity contribution is 5.85. The molecule has 2 aromatic rings. The summed E-state index contributed by atoms with van der Waals surface area (Å²) in [4.78, 5) is 56.1. The van der Waals surface area contributed by atoms with Gasteiger partial charge in [0.1, 0.15) is 0 Å². The van der Waals surface area contributed by atoms with Gasteiger partial charge in [-0.3, -0.25) is 14.4 Å². The summed E-state index contributed by atoms with van der Waals surface area (Å²) in [6.07, 6.45) is -3.95. The van der Waals surface area contributed by atoms with Gasteiger partial charge in [0.25, 0.3) is 0 Å². The lowest BCUT2D eigenvalue weighted by molar-refractivity contribution is -0.192. The molecule has 14 heteroatoms. The molecule has 0 aliphatic heterocycles. The SMILES string of the molecule is CC(C)NC(=O)NCCCCC(=O)NCC(=O)NC(CC(=O)O)c1ccc(-c2ccccc2)cc1.O=C(O)C(F)(F)F. The van der Waals surface area contributed by atoms with Crippen LogP contribution in [-0.2, 0) is 19.2 Å². The first-order valence-electron chi connectivity index (χ1n) is 13.0. The van der Waals surface area contributed by atoms with Crippen molar-refractivity contribution in [1.82, 2.24) is 21.3 Å². The van der Waals surface area contributed by atoms with Crippen molar-refractivity contribution < 1.29 is 47.4 Å². The number of rotatable bonds is 13. The summed E-state index contributed by atoms with van der Waals surface area (Å²) in [5.41, 5.74) is 2.69. The maximum absolute atomic E-state index is 12.4. The molecule has 4 amide bonds. The molecule has 0 aliphatic carbocycles. The third-order valence-electron chi connectivity index (χ3n) is 5.36. The highest BCUT2D eigenvalue weighted by Crippen LogP contribution is 2.23. The number of alkyl halides is 3. The van der Waals surface area contributed by atoms with Crippen molar-refractivity contribution in [3.8, 4) is 11.1 Å². The van der Waals surface area contributed by atoms with Gasteiger partial charge in [-0.05, 0) is 43.4 Å². The number of unbranched alkanes of at least 4 members (excludes halogenated alkanes) is 1. The molecule has 0 saturated heterocycles. The maximum atomic E-state index is 12.4. The van der Waals surface area contributed by atoms with Crippen LogP contribution in [0.5, 0.6) is 0 Å². The number of carbonyl (C=O) groups excluding carboxylic acids is 3. The molecule has 0 spiro atoms. The molecule has 0 bridgehead atoms. The van der Waals surface area contributed by atoms with Crippen molar-refractivity contribution in [2.24, 2.45) is 0 Å². The van der Waals surface area contributed by atoms with Gasteiger partial charge in [-0.15, -0.1) is 0 Å². The van der Waals surface area contributed by atoms with Gasteiger partial charge >= 0.3 is 24.1 Å². The molecule has 1 atom stereocenters. The van der Waals surface area contributed by atoms with Crippen LogP contribution in [0.3, 0.4) is 0 Å². The highest BCUT2D eigenvalue weighted by atomic mass is 19.4. The normalized spacial score (nSPS) is 11.4. The third-order valence-corrected chi connectivity index (χ3v) is 5.36. The van der Waals surface area contributed by atoms with Gasteiger partial charge in [0.15, 0.2) is 0 Å². The van der Waals surface area contributed by atoms with Gasteiger partial charge in [-0.2, -0.15) is 13.2 Å². The highest BCUT2D eigenvalue weighted by Gasteiger charge is 2.38. The van der Waals surface area contributed by atoms with E-state index < -0.39 is 30.1 Å². The molecule has 1 unspecified atom stereocenters. The lowest BCUT2D eigenvalue weighted by Crippen LogP contribution is -2.40. The van der Waals surface area contributed by atoms with E-state index in [2.05, 4.69) is 21.3 Å². The van der Waals surface area contributed by atoms with Gasteiger partial charge in [0.05, 0.1) is 19.0 Å². The summed E-state index contributed by atoms with van der Waals surface area (Å²) in [5, 5.41) is 27.1. The predicted molar refractivity (Wildman–Crippen MR) is 147 cm³/mol. The van der Waals surface area contributed by atoms with E-state index in [1.807, 2.05) is 56.3 Å². The molecule has 230 valence electrons. The fraction of sp³-hybridized carbons (Fsp3) is 0.393. The molecule has 0 fully saturated rings. The molecule has 2 rings (SSSR count). The van der Waals surface area contributed by atoms with Crippen LogP contribution in [0.4, 0.5) is 18.0 Å². The van der Waals surface area contributed by atoms with Crippen LogP contribution >= 0.6 is 0 Å². The Morgan fingerprint density at radius 2 is 1.36 bits per heavy atom. The second-order valence-corrected chi connectivity index (χ2v) is 9.30. The first kappa shape index (κ1) is 35.4. The zero-order valence-corrected chi connectivity index (χ0v) is 23.2. The number of urea groups is 1.